The number of hydrogen-bond donors (Lipinski definition) is 1. The Kier molecular flexibility index (Phi) is 6.13. The Hall–Kier alpha value is -3.09. The lowest BCUT2D eigenvalue weighted by molar-refractivity contribution is -0.128. The number of aryl methyl sites for hydroxylation is 2. The number of Topliss-reactive ketones (excluding diaryl/α,β-unsaturated/α-hetero) is 1. The van der Waals surface area contributed by atoms with Gasteiger partial charge in [0.05, 0.1) is 6.33 Å². The number of nitrogen functional groups attached to an aromatic ring is 1. The van der Waals surface area contributed by atoms with E-state index in [4.69, 9.17) is 10.5 Å². The highest BCUT2D eigenvalue weighted by Crippen LogP contribution is 2.15. The number of ketones is 1. The topological polar surface area (TPSA) is 104 Å². The van der Waals surface area contributed by atoms with E-state index in [1.54, 1.807) is 6.33 Å². The zero-order chi connectivity index (χ0) is 17.4. The van der Waals surface area contributed by atoms with Crippen molar-refractivity contribution in [2.75, 3.05) is 5.73 Å². The third-order valence-corrected chi connectivity index (χ3v) is 3.30. The van der Waals surface area contributed by atoms with Gasteiger partial charge in [-0.15, -0.1) is 0 Å². The average Bonchev–Trinajstić information content (AvgIpc) is 3.01. The van der Waals surface area contributed by atoms with Gasteiger partial charge in [0.15, 0.2) is 23.5 Å². The van der Waals surface area contributed by atoms with E-state index in [1.165, 1.54) is 18.8 Å². The maximum absolute atomic E-state index is 9.44. The van der Waals surface area contributed by atoms with Crippen LogP contribution in [0.1, 0.15) is 18.9 Å². The molecule has 0 spiro atoms. The molecule has 1 aromatic carbocycles. The van der Waals surface area contributed by atoms with Gasteiger partial charge in [0.2, 0.25) is 0 Å². The number of anilines is 1. The normalized spacial score (nSPS) is 10.0. The molecule has 124 valence electrons. The molecule has 2 N–H and O–H groups in total. The molecule has 24 heavy (non-hydrogen) atoms. The SMILES string of the molecule is CC(=O)C=O.Nc1ncnc2c1ncn2CCCc1ccccc1. The number of hydrogen-bond acceptors (Lipinski definition) is 6. The number of imidazole rings is 1. The van der Waals surface area contributed by atoms with Crippen LogP contribution in [0.3, 0.4) is 0 Å². The van der Waals surface area contributed by atoms with E-state index in [9.17, 15) is 4.79 Å². The highest BCUT2D eigenvalue weighted by Gasteiger charge is 2.07. The Morgan fingerprint density at radius 2 is 1.92 bits per heavy atom. The number of fused-ring (bicyclic) bond motifs is 1. The zero-order valence-electron chi connectivity index (χ0n) is 13.4. The van der Waals surface area contributed by atoms with Crippen molar-refractivity contribution in [2.45, 2.75) is 26.3 Å². The fourth-order valence-corrected chi connectivity index (χ4v) is 2.16. The van der Waals surface area contributed by atoms with Crippen LogP contribution >= 0.6 is 0 Å². The highest BCUT2D eigenvalue weighted by molar-refractivity contribution is 6.23. The second kappa shape index (κ2) is 8.52. The quantitative estimate of drug-likeness (QED) is 0.567. The van der Waals surface area contributed by atoms with Crippen molar-refractivity contribution in [2.24, 2.45) is 0 Å². The van der Waals surface area contributed by atoms with E-state index >= 15 is 0 Å². The Morgan fingerprint density at radius 3 is 2.58 bits per heavy atom. The molecule has 7 nitrogen and oxygen atoms in total. The summed E-state index contributed by atoms with van der Waals surface area (Å²) in [7, 11) is 0. The van der Waals surface area contributed by atoms with Crippen molar-refractivity contribution in [3.05, 3.63) is 48.5 Å². The Labute approximate surface area is 139 Å². The lowest BCUT2D eigenvalue weighted by Gasteiger charge is -2.04. The van der Waals surface area contributed by atoms with Crippen LogP contribution in [0.5, 0.6) is 0 Å². The largest absolute Gasteiger partial charge is 0.382 e. The van der Waals surface area contributed by atoms with Crippen LogP contribution in [0.25, 0.3) is 11.2 Å². The third-order valence-electron chi connectivity index (χ3n) is 3.30. The summed E-state index contributed by atoms with van der Waals surface area (Å²) in [6, 6.07) is 10.5. The molecule has 0 aliphatic rings. The lowest BCUT2D eigenvalue weighted by Crippen LogP contribution is -2.00. The summed E-state index contributed by atoms with van der Waals surface area (Å²) >= 11 is 0. The van der Waals surface area contributed by atoms with Gasteiger partial charge < -0.3 is 10.3 Å². The third kappa shape index (κ3) is 4.70. The molecule has 0 aliphatic heterocycles. The molecule has 0 fully saturated rings. The van der Waals surface area contributed by atoms with Crippen LogP contribution < -0.4 is 5.73 Å². The molecule has 0 unspecified atom stereocenters. The number of aldehydes is 1. The lowest BCUT2D eigenvalue weighted by atomic mass is 10.1. The summed E-state index contributed by atoms with van der Waals surface area (Å²) < 4.78 is 2.02. The number of aromatic nitrogens is 4. The summed E-state index contributed by atoms with van der Waals surface area (Å²) in [5.41, 5.74) is 8.60. The van der Waals surface area contributed by atoms with Crippen molar-refractivity contribution in [1.82, 2.24) is 19.5 Å². The number of nitrogens with zero attached hydrogens (tertiary/aromatic N) is 4. The smallest absolute Gasteiger partial charge is 0.192 e. The number of benzene rings is 1. The van der Waals surface area contributed by atoms with E-state index in [0.29, 0.717) is 11.3 Å². The first kappa shape index (κ1) is 17.3. The first-order chi connectivity index (χ1) is 11.6. The molecular formula is C17H19N5O2. The molecule has 0 saturated heterocycles. The van der Waals surface area contributed by atoms with E-state index in [-0.39, 0.29) is 6.29 Å². The van der Waals surface area contributed by atoms with E-state index in [1.807, 2.05) is 10.6 Å². The van der Waals surface area contributed by atoms with Crippen molar-refractivity contribution in [3.63, 3.8) is 0 Å². The van der Waals surface area contributed by atoms with Gasteiger partial charge in [0.1, 0.15) is 11.8 Å². The second-order valence-electron chi connectivity index (χ2n) is 5.19. The Morgan fingerprint density at radius 1 is 1.21 bits per heavy atom. The summed E-state index contributed by atoms with van der Waals surface area (Å²) in [5, 5.41) is 0. The molecule has 3 aromatic rings. The van der Waals surface area contributed by atoms with Crippen LogP contribution in [0.4, 0.5) is 5.82 Å². The Balaban J connectivity index is 0.000000368. The predicted molar refractivity (Wildman–Crippen MR) is 91.2 cm³/mol. The van der Waals surface area contributed by atoms with Crippen molar-refractivity contribution in [3.8, 4) is 0 Å². The van der Waals surface area contributed by atoms with Gasteiger partial charge in [-0.25, -0.2) is 15.0 Å². The molecule has 0 aliphatic carbocycles. The fourth-order valence-electron chi connectivity index (χ4n) is 2.16. The first-order valence-corrected chi connectivity index (χ1v) is 7.52. The van der Waals surface area contributed by atoms with Crippen molar-refractivity contribution < 1.29 is 9.59 Å². The maximum Gasteiger partial charge on any atom is 0.192 e. The number of rotatable bonds is 5. The first-order valence-electron chi connectivity index (χ1n) is 7.52. The molecular weight excluding hydrogens is 306 g/mol. The molecule has 3 rings (SSSR count). The number of carbonyl (C=O) groups is 2. The van der Waals surface area contributed by atoms with Gasteiger partial charge in [-0.3, -0.25) is 9.59 Å². The fraction of sp³-hybridized carbons (Fsp3) is 0.235. The minimum atomic E-state index is -0.426. The van der Waals surface area contributed by atoms with Gasteiger partial charge in [-0.05, 0) is 18.4 Å². The Bertz CT molecular complexity index is 814. The number of carbonyl (C=O) groups excluding carboxylic acids is 2. The van der Waals surface area contributed by atoms with Crippen LogP contribution in [0, 0.1) is 0 Å². The average molecular weight is 325 g/mol. The maximum atomic E-state index is 9.44. The van der Waals surface area contributed by atoms with Crippen LogP contribution in [-0.4, -0.2) is 31.6 Å². The summed E-state index contributed by atoms with van der Waals surface area (Å²) in [4.78, 5) is 31.0. The van der Waals surface area contributed by atoms with Crippen LogP contribution in [-0.2, 0) is 22.6 Å². The summed E-state index contributed by atoms with van der Waals surface area (Å²) in [6.45, 7) is 2.09. The van der Waals surface area contributed by atoms with Crippen molar-refractivity contribution in [1.29, 1.82) is 0 Å². The van der Waals surface area contributed by atoms with Gasteiger partial charge in [-0.1, -0.05) is 30.3 Å². The predicted octanol–water partition coefficient (Wildman–Crippen LogP) is 1.82. The van der Waals surface area contributed by atoms with Gasteiger partial charge >= 0.3 is 0 Å². The minimum Gasteiger partial charge on any atom is -0.382 e. The summed E-state index contributed by atoms with van der Waals surface area (Å²) in [5.74, 6) is 0.0109. The molecule has 0 atom stereocenters. The molecule has 0 radical (unpaired) electrons. The molecule has 2 aromatic heterocycles. The van der Waals surface area contributed by atoms with Gasteiger partial charge in [-0.2, -0.15) is 0 Å². The van der Waals surface area contributed by atoms with E-state index in [0.717, 1.165) is 25.0 Å². The van der Waals surface area contributed by atoms with Crippen molar-refractivity contribution >= 4 is 29.1 Å². The van der Waals surface area contributed by atoms with E-state index in [2.05, 4.69) is 39.2 Å². The van der Waals surface area contributed by atoms with Crippen LogP contribution in [0.2, 0.25) is 0 Å². The molecule has 2 heterocycles. The summed E-state index contributed by atoms with van der Waals surface area (Å²) in [6.07, 6.45) is 5.62. The van der Waals surface area contributed by atoms with Gasteiger partial charge in [0, 0.05) is 13.5 Å². The number of nitrogens with two attached hydrogens (primary N) is 1. The molecule has 0 saturated carbocycles. The van der Waals surface area contributed by atoms with Crippen LogP contribution in [0.15, 0.2) is 43.0 Å². The van der Waals surface area contributed by atoms with E-state index < -0.39 is 5.78 Å². The minimum absolute atomic E-state index is 0.278. The molecule has 0 amide bonds. The standard InChI is InChI=1S/C14H15N5.C3H4O2/c15-13-12-14(17-9-16-13)19(10-18-12)8-4-7-11-5-2-1-3-6-11;1-3(5)2-4/h1-3,5-6,9-10H,4,7-8H2,(H2,15,16,17);2H,1H3. The molecule has 7 heteroatoms. The molecule has 0 bridgehead atoms. The highest BCUT2D eigenvalue weighted by atomic mass is 16.2. The monoisotopic (exact) mass is 325 g/mol. The second-order valence-corrected chi connectivity index (χ2v) is 5.19. The zero-order valence-corrected chi connectivity index (χ0v) is 13.4. The van der Waals surface area contributed by atoms with Gasteiger partial charge in [0.25, 0.3) is 0 Å².